The largest absolute Gasteiger partial charge is 0.349 e. The molecule has 17 heavy (non-hydrogen) atoms. The Balaban J connectivity index is 2.13. The number of rotatable bonds is 4. The minimum Gasteiger partial charge on any atom is -0.349 e. The highest BCUT2D eigenvalue weighted by molar-refractivity contribution is 5.31. The molecule has 4 nitrogen and oxygen atoms in total. The molecule has 0 amide bonds. The Bertz CT molecular complexity index is 360. The second-order valence-electron chi connectivity index (χ2n) is 5.35. The molecule has 1 aliphatic rings. The lowest BCUT2D eigenvalue weighted by Crippen LogP contribution is -2.49. The monoisotopic (exact) mass is 236 g/mol. The van der Waals surface area contributed by atoms with E-state index in [2.05, 4.69) is 28.7 Å². The zero-order valence-electron chi connectivity index (χ0n) is 10.9. The summed E-state index contributed by atoms with van der Waals surface area (Å²) in [4.78, 5) is 4.40. The van der Waals surface area contributed by atoms with Crippen LogP contribution in [-0.2, 0) is 6.54 Å². The van der Waals surface area contributed by atoms with Crippen molar-refractivity contribution in [3.05, 3.63) is 12.4 Å². The standard InChI is InChI=1S/C13H24N4/c1-3-17-8-7-15-12(17)16-13(10-14)6-4-5-11(2)9-13/h7-8,11H,3-6,9-10,14H2,1-2H3,(H,15,16). The number of imidazole rings is 1. The van der Waals surface area contributed by atoms with Crippen LogP contribution in [0.15, 0.2) is 12.4 Å². The van der Waals surface area contributed by atoms with Gasteiger partial charge in [0.05, 0.1) is 5.54 Å². The maximum absolute atomic E-state index is 6.01. The molecule has 0 spiro atoms. The van der Waals surface area contributed by atoms with Crippen LogP contribution in [0.2, 0.25) is 0 Å². The first-order chi connectivity index (χ1) is 8.19. The summed E-state index contributed by atoms with van der Waals surface area (Å²) in [7, 11) is 0. The molecule has 0 saturated heterocycles. The topological polar surface area (TPSA) is 55.9 Å². The Morgan fingerprint density at radius 3 is 3.12 bits per heavy atom. The molecule has 1 saturated carbocycles. The number of nitrogens with one attached hydrogen (secondary N) is 1. The molecule has 1 aromatic heterocycles. The summed E-state index contributed by atoms with van der Waals surface area (Å²) in [6.45, 7) is 6.08. The molecule has 96 valence electrons. The van der Waals surface area contributed by atoms with E-state index >= 15 is 0 Å². The van der Waals surface area contributed by atoms with Crippen molar-refractivity contribution < 1.29 is 0 Å². The van der Waals surface area contributed by atoms with Crippen LogP contribution in [0, 0.1) is 5.92 Å². The minimum absolute atomic E-state index is 0.0515. The summed E-state index contributed by atoms with van der Waals surface area (Å²) < 4.78 is 2.14. The van der Waals surface area contributed by atoms with Crippen molar-refractivity contribution in [1.82, 2.24) is 9.55 Å². The van der Waals surface area contributed by atoms with Gasteiger partial charge in [-0.25, -0.2) is 4.98 Å². The molecule has 3 N–H and O–H groups in total. The molecule has 2 unspecified atom stereocenters. The van der Waals surface area contributed by atoms with Gasteiger partial charge >= 0.3 is 0 Å². The molecule has 2 atom stereocenters. The second-order valence-corrected chi connectivity index (χ2v) is 5.35. The van der Waals surface area contributed by atoms with Gasteiger partial charge in [-0.2, -0.15) is 0 Å². The van der Waals surface area contributed by atoms with Gasteiger partial charge in [0.25, 0.3) is 0 Å². The molecule has 2 rings (SSSR count). The number of hydrogen-bond acceptors (Lipinski definition) is 3. The van der Waals surface area contributed by atoms with Gasteiger partial charge in [-0.3, -0.25) is 0 Å². The normalized spacial score (nSPS) is 29.2. The summed E-state index contributed by atoms with van der Waals surface area (Å²) in [5, 5.41) is 3.60. The third-order valence-electron chi connectivity index (χ3n) is 3.92. The summed E-state index contributed by atoms with van der Waals surface area (Å²) >= 11 is 0. The molecule has 0 aromatic carbocycles. The molecular formula is C13H24N4. The van der Waals surface area contributed by atoms with Crippen molar-refractivity contribution in [2.45, 2.75) is 51.6 Å². The fourth-order valence-corrected chi connectivity index (χ4v) is 2.94. The first-order valence-electron chi connectivity index (χ1n) is 6.68. The quantitative estimate of drug-likeness (QED) is 0.843. The maximum Gasteiger partial charge on any atom is 0.203 e. The number of hydrogen-bond donors (Lipinski definition) is 2. The van der Waals surface area contributed by atoms with E-state index in [4.69, 9.17) is 5.73 Å². The average Bonchev–Trinajstić information content (AvgIpc) is 2.76. The molecule has 1 heterocycles. The summed E-state index contributed by atoms with van der Waals surface area (Å²) in [6.07, 6.45) is 8.76. The van der Waals surface area contributed by atoms with Crippen LogP contribution in [0.5, 0.6) is 0 Å². The van der Waals surface area contributed by atoms with Gasteiger partial charge in [-0.05, 0) is 25.7 Å². The molecule has 1 aliphatic carbocycles. The van der Waals surface area contributed by atoms with Crippen LogP contribution >= 0.6 is 0 Å². The van der Waals surface area contributed by atoms with E-state index in [9.17, 15) is 0 Å². The van der Waals surface area contributed by atoms with E-state index in [0.29, 0.717) is 6.54 Å². The summed E-state index contributed by atoms with van der Waals surface area (Å²) in [6, 6.07) is 0. The molecule has 1 fully saturated rings. The predicted octanol–water partition coefficient (Wildman–Crippen LogP) is 2.22. The zero-order valence-corrected chi connectivity index (χ0v) is 10.9. The van der Waals surface area contributed by atoms with Crippen LogP contribution < -0.4 is 11.1 Å². The van der Waals surface area contributed by atoms with E-state index in [-0.39, 0.29) is 5.54 Å². The smallest absolute Gasteiger partial charge is 0.203 e. The Hall–Kier alpha value is -1.03. The Labute approximate surface area is 104 Å². The third kappa shape index (κ3) is 2.63. The summed E-state index contributed by atoms with van der Waals surface area (Å²) in [5.41, 5.74) is 6.06. The van der Waals surface area contributed by atoms with E-state index in [1.54, 1.807) is 0 Å². The molecular weight excluding hydrogens is 212 g/mol. The lowest BCUT2D eigenvalue weighted by atomic mass is 9.76. The van der Waals surface area contributed by atoms with Crippen molar-refractivity contribution in [3.8, 4) is 0 Å². The number of nitrogens with zero attached hydrogens (tertiary/aromatic N) is 2. The zero-order chi connectivity index (χ0) is 12.3. The van der Waals surface area contributed by atoms with Gasteiger partial charge in [-0.15, -0.1) is 0 Å². The SMILES string of the molecule is CCn1ccnc1NC1(CN)CCCC(C)C1. The summed E-state index contributed by atoms with van der Waals surface area (Å²) in [5.74, 6) is 1.72. The number of nitrogens with two attached hydrogens (primary N) is 1. The molecule has 1 aromatic rings. The highest BCUT2D eigenvalue weighted by atomic mass is 15.2. The fraction of sp³-hybridized carbons (Fsp3) is 0.769. The maximum atomic E-state index is 6.01. The van der Waals surface area contributed by atoms with Crippen LogP contribution in [-0.4, -0.2) is 21.6 Å². The van der Waals surface area contributed by atoms with Crippen LogP contribution in [0.25, 0.3) is 0 Å². The van der Waals surface area contributed by atoms with E-state index in [1.807, 2.05) is 12.4 Å². The average molecular weight is 236 g/mol. The molecule has 4 heteroatoms. The second kappa shape index (κ2) is 5.08. The number of aromatic nitrogens is 2. The molecule has 0 radical (unpaired) electrons. The van der Waals surface area contributed by atoms with Crippen molar-refractivity contribution in [2.24, 2.45) is 11.7 Å². The van der Waals surface area contributed by atoms with Gasteiger partial charge in [-0.1, -0.05) is 19.8 Å². The highest BCUT2D eigenvalue weighted by Gasteiger charge is 2.34. The van der Waals surface area contributed by atoms with Crippen molar-refractivity contribution in [1.29, 1.82) is 0 Å². The molecule has 0 aliphatic heterocycles. The Kier molecular flexibility index (Phi) is 3.72. The third-order valence-corrected chi connectivity index (χ3v) is 3.92. The van der Waals surface area contributed by atoms with Gasteiger partial charge < -0.3 is 15.6 Å². The molecule has 0 bridgehead atoms. The van der Waals surface area contributed by atoms with Crippen molar-refractivity contribution >= 4 is 5.95 Å². The van der Waals surface area contributed by atoms with Gasteiger partial charge in [0.2, 0.25) is 5.95 Å². The lowest BCUT2D eigenvalue weighted by molar-refractivity contribution is 0.262. The van der Waals surface area contributed by atoms with Crippen molar-refractivity contribution in [2.75, 3.05) is 11.9 Å². The Morgan fingerprint density at radius 2 is 2.47 bits per heavy atom. The van der Waals surface area contributed by atoms with Gasteiger partial charge in [0.15, 0.2) is 0 Å². The van der Waals surface area contributed by atoms with E-state index in [0.717, 1.165) is 31.3 Å². The van der Waals surface area contributed by atoms with Crippen molar-refractivity contribution in [3.63, 3.8) is 0 Å². The number of anilines is 1. The van der Waals surface area contributed by atoms with Crippen LogP contribution in [0.1, 0.15) is 39.5 Å². The Morgan fingerprint density at radius 1 is 1.65 bits per heavy atom. The highest BCUT2D eigenvalue weighted by Crippen LogP contribution is 2.33. The van der Waals surface area contributed by atoms with E-state index in [1.165, 1.54) is 12.8 Å². The minimum atomic E-state index is 0.0515. The number of aryl methyl sites for hydroxylation is 1. The van der Waals surface area contributed by atoms with E-state index < -0.39 is 0 Å². The first-order valence-corrected chi connectivity index (χ1v) is 6.68. The fourth-order valence-electron chi connectivity index (χ4n) is 2.94. The lowest BCUT2D eigenvalue weighted by Gasteiger charge is -2.40. The van der Waals surface area contributed by atoms with Crippen LogP contribution in [0.3, 0.4) is 0 Å². The van der Waals surface area contributed by atoms with Gasteiger partial charge in [0.1, 0.15) is 0 Å². The van der Waals surface area contributed by atoms with Crippen LogP contribution in [0.4, 0.5) is 5.95 Å². The van der Waals surface area contributed by atoms with Gasteiger partial charge in [0, 0.05) is 25.5 Å². The predicted molar refractivity (Wildman–Crippen MR) is 70.9 cm³/mol. The first kappa shape index (κ1) is 12.4.